The van der Waals surface area contributed by atoms with Crippen molar-refractivity contribution in [3.05, 3.63) is 82.1 Å². The first-order valence-electron chi connectivity index (χ1n) is 8.38. The van der Waals surface area contributed by atoms with Gasteiger partial charge in [0.25, 0.3) is 11.6 Å². The Bertz CT molecular complexity index is 1010. The number of furan rings is 1. The number of carbonyl (C=O) groups excluding carboxylic acids is 1. The summed E-state index contributed by atoms with van der Waals surface area (Å²) in [4.78, 5) is 22.4. The average molecular weight is 379 g/mol. The highest BCUT2D eigenvalue weighted by atomic mass is 16.6. The maximum absolute atomic E-state index is 11.7. The third kappa shape index (κ3) is 4.82. The number of aryl methyl sites for hydroxylation is 1. The van der Waals surface area contributed by atoms with Gasteiger partial charge in [0.15, 0.2) is 6.61 Å². The summed E-state index contributed by atoms with van der Waals surface area (Å²) < 4.78 is 10.9. The van der Waals surface area contributed by atoms with Crippen LogP contribution in [0.15, 0.2) is 70.2 Å². The first-order chi connectivity index (χ1) is 13.5. The van der Waals surface area contributed by atoms with Gasteiger partial charge in [-0.25, -0.2) is 5.43 Å². The lowest BCUT2D eigenvalue weighted by Gasteiger charge is -2.03. The van der Waals surface area contributed by atoms with E-state index < -0.39 is 10.8 Å². The first-order valence-corrected chi connectivity index (χ1v) is 8.38. The highest BCUT2D eigenvalue weighted by Gasteiger charge is 2.13. The quantitative estimate of drug-likeness (QED) is 0.383. The molecule has 8 nitrogen and oxygen atoms in total. The van der Waals surface area contributed by atoms with E-state index in [0.29, 0.717) is 28.4 Å². The van der Waals surface area contributed by atoms with Gasteiger partial charge in [-0.05, 0) is 31.2 Å². The van der Waals surface area contributed by atoms with Crippen molar-refractivity contribution in [1.82, 2.24) is 5.43 Å². The van der Waals surface area contributed by atoms with Gasteiger partial charge in [-0.3, -0.25) is 14.9 Å². The van der Waals surface area contributed by atoms with E-state index in [-0.39, 0.29) is 12.3 Å². The molecule has 1 aromatic heterocycles. The van der Waals surface area contributed by atoms with Crippen molar-refractivity contribution in [3.63, 3.8) is 0 Å². The number of hydrazone groups is 1. The predicted octanol–water partition coefficient (Wildman–Crippen LogP) is 3.69. The van der Waals surface area contributed by atoms with Crippen LogP contribution in [0.2, 0.25) is 0 Å². The fourth-order valence-electron chi connectivity index (χ4n) is 2.40. The van der Waals surface area contributed by atoms with Gasteiger partial charge in [0.2, 0.25) is 0 Å². The van der Waals surface area contributed by atoms with E-state index in [1.54, 1.807) is 43.3 Å². The molecule has 0 atom stereocenters. The Kier molecular flexibility index (Phi) is 5.81. The number of rotatable bonds is 7. The van der Waals surface area contributed by atoms with Gasteiger partial charge in [-0.2, -0.15) is 5.10 Å². The molecule has 0 radical (unpaired) electrons. The van der Waals surface area contributed by atoms with E-state index in [4.69, 9.17) is 9.15 Å². The Labute approximate surface area is 160 Å². The van der Waals surface area contributed by atoms with E-state index >= 15 is 0 Å². The number of nitro groups is 1. The molecule has 0 saturated heterocycles. The maximum Gasteiger partial charge on any atom is 0.277 e. The number of amides is 1. The van der Waals surface area contributed by atoms with Crippen LogP contribution in [0.1, 0.15) is 11.3 Å². The number of nitrogens with one attached hydrogen (secondary N) is 1. The smallest absolute Gasteiger partial charge is 0.277 e. The summed E-state index contributed by atoms with van der Waals surface area (Å²) >= 11 is 0. The van der Waals surface area contributed by atoms with E-state index in [2.05, 4.69) is 10.5 Å². The van der Waals surface area contributed by atoms with Crippen LogP contribution in [-0.2, 0) is 4.79 Å². The molecule has 3 rings (SSSR count). The van der Waals surface area contributed by atoms with Gasteiger partial charge in [-0.15, -0.1) is 0 Å². The molecule has 0 aliphatic rings. The molecule has 3 aromatic rings. The monoisotopic (exact) mass is 379 g/mol. The van der Waals surface area contributed by atoms with Crippen molar-refractivity contribution in [2.45, 2.75) is 6.92 Å². The molecule has 1 amide bonds. The highest BCUT2D eigenvalue weighted by molar-refractivity contribution is 5.81. The third-order valence-electron chi connectivity index (χ3n) is 3.81. The third-order valence-corrected chi connectivity index (χ3v) is 3.81. The molecule has 142 valence electrons. The van der Waals surface area contributed by atoms with Crippen molar-refractivity contribution in [2.75, 3.05) is 6.61 Å². The van der Waals surface area contributed by atoms with Crippen LogP contribution in [0.25, 0.3) is 11.3 Å². The zero-order valence-corrected chi connectivity index (χ0v) is 15.0. The number of carbonyl (C=O) groups is 1. The molecule has 0 aliphatic heterocycles. The van der Waals surface area contributed by atoms with E-state index in [0.717, 1.165) is 0 Å². The van der Waals surface area contributed by atoms with Crippen molar-refractivity contribution < 1.29 is 18.9 Å². The first kappa shape index (κ1) is 18.8. The van der Waals surface area contributed by atoms with Gasteiger partial charge in [0, 0.05) is 17.2 Å². The van der Waals surface area contributed by atoms with Crippen LogP contribution in [0.3, 0.4) is 0 Å². The Hall–Kier alpha value is -3.94. The molecule has 28 heavy (non-hydrogen) atoms. The maximum atomic E-state index is 11.7. The zero-order chi connectivity index (χ0) is 19.9. The lowest BCUT2D eigenvalue weighted by Crippen LogP contribution is -2.24. The van der Waals surface area contributed by atoms with Crippen LogP contribution in [0.4, 0.5) is 5.69 Å². The van der Waals surface area contributed by atoms with Crippen molar-refractivity contribution in [2.24, 2.45) is 5.10 Å². The molecule has 0 bridgehead atoms. The second kappa shape index (κ2) is 8.63. The molecule has 8 heteroatoms. The summed E-state index contributed by atoms with van der Waals surface area (Å²) in [6.45, 7) is 1.50. The summed E-state index contributed by atoms with van der Waals surface area (Å²) in [5, 5.41) is 14.9. The van der Waals surface area contributed by atoms with E-state index in [1.807, 2.05) is 18.2 Å². The van der Waals surface area contributed by atoms with Gasteiger partial charge < -0.3 is 9.15 Å². The van der Waals surface area contributed by atoms with Crippen LogP contribution in [-0.4, -0.2) is 23.7 Å². The summed E-state index contributed by atoms with van der Waals surface area (Å²) in [6.07, 6.45) is 1.34. The summed E-state index contributed by atoms with van der Waals surface area (Å²) in [5.41, 5.74) is 3.51. The number of hydrogen-bond acceptors (Lipinski definition) is 6. The number of benzene rings is 2. The number of hydrogen-bond donors (Lipinski definition) is 1. The van der Waals surface area contributed by atoms with Gasteiger partial charge in [0.1, 0.15) is 17.3 Å². The molecule has 0 fully saturated rings. The molecule has 0 unspecified atom stereocenters. The van der Waals surface area contributed by atoms with Gasteiger partial charge >= 0.3 is 0 Å². The normalized spacial score (nSPS) is 10.8. The fraction of sp³-hybridized carbons (Fsp3) is 0.100. The second-order valence-electron chi connectivity index (χ2n) is 5.86. The predicted molar refractivity (Wildman–Crippen MR) is 103 cm³/mol. The van der Waals surface area contributed by atoms with Crippen molar-refractivity contribution in [1.29, 1.82) is 0 Å². The van der Waals surface area contributed by atoms with Crippen LogP contribution in [0, 0.1) is 17.0 Å². The molecule has 2 aromatic carbocycles. The SMILES string of the molecule is Cc1ccc(-c2ccc(/C=N\NC(=O)COc3ccccc3)o2)cc1[N+](=O)[O-]. The number of ether oxygens (including phenoxy) is 1. The Balaban J connectivity index is 1.58. The van der Waals surface area contributed by atoms with Crippen LogP contribution >= 0.6 is 0 Å². The van der Waals surface area contributed by atoms with Crippen molar-refractivity contribution in [3.8, 4) is 17.1 Å². The highest BCUT2D eigenvalue weighted by Crippen LogP contribution is 2.27. The topological polar surface area (TPSA) is 107 Å². The van der Waals surface area contributed by atoms with Crippen LogP contribution in [0.5, 0.6) is 5.75 Å². The van der Waals surface area contributed by atoms with Gasteiger partial charge in [-0.1, -0.05) is 30.3 Å². The Morgan fingerprint density at radius 2 is 2.00 bits per heavy atom. The van der Waals surface area contributed by atoms with Crippen molar-refractivity contribution >= 4 is 17.8 Å². The molecule has 1 N–H and O–H groups in total. The van der Waals surface area contributed by atoms with Gasteiger partial charge in [0.05, 0.1) is 11.1 Å². The molecular weight excluding hydrogens is 362 g/mol. The molecule has 0 aliphatic carbocycles. The molecule has 1 heterocycles. The minimum absolute atomic E-state index is 0.0230. The summed E-state index contributed by atoms with van der Waals surface area (Å²) in [7, 11) is 0. The number of nitro benzene ring substituents is 1. The molecule has 0 saturated carbocycles. The minimum atomic E-state index is -0.433. The zero-order valence-electron chi connectivity index (χ0n) is 15.0. The fourth-order valence-corrected chi connectivity index (χ4v) is 2.40. The summed E-state index contributed by atoms with van der Waals surface area (Å²) in [5.74, 6) is 1.02. The van der Waals surface area contributed by atoms with E-state index in [1.165, 1.54) is 12.3 Å². The minimum Gasteiger partial charge on any atom is -0.484 e. The number of para-hydroxylation sites is 1. The Morgan fingerprint density at radius 1 is 1.21 bits per heavy atom. The largest absolute Gasteiger partial charge is 0.484 e. The van der Waals surface area contributed by atoms with Crippen LogP contribution < -0.4 is 10.2 Å². The standard InChI is InChI=1S/C20H17N3O5/c1-14-7-8-15(11-18(14)23(25)26)19-10-9-17(28-19)12-21-22-20(24)13-27-16-5-3-2-4-6-16/h2-12H,13H2,1H3,(H,22,24)/b21-12-. The molecule has 0 spiro atoms. The lowest BCUT2D eigenvalue weighted by molar-refractivity contribution is -0.385. The number of nitrogens with zero attached hydrogens (tertiary/aromatic N) is 2. The van der Waals surface area contributed by atoms with E-state index in [9.17, 15) is 14.9 Å². The lowest BCUT2D eigenvalue weighted by atomic mass is 10.1. The average Bonchev–Trinajstić information content (AvgIpc) is 3.16. The second-order valence-corrected chi connectivity index (χ2v) is 5.86. The summed E-state index contributed by atoms with van der Waals surface area (Å²) in [6, 6.07) is 17.1. The Morgan fingerprint density at radius 3 is 2.75 bits per heavy atom. The molecular formula is C20H17N3O5.